The van der Waals surface area contributed by atoms with Crippen LogP contribution in [-0.4, -0.2) is 25.7 Å². The molecule has 1 aliphatic rings. The van der Waals surface area contributed by atoms with E-state index in [4.69, 9.17) is 10.7 Å². The average Bonchev–Trinajstić information content (AvgIpc) is 3.54. The van der Waals surface area contributed by atoms with Gasteiger partial charge in [0.05, 0.1) is 11.9 Å². The van der Waals surface area contributed by atoms with Gasteiger partial charge in [0.25, 0.3) is 0 Å². The quantitative estimate of drug-likeness (QED) is 0.294. The first kappa shape index (κ1) is 21.8. The molecule has 0 aliphatic heterocycles. The molecule has 0 saturated heterocycles. The molecule has 2 aromatic carbocycles. The van der Waals surface area contributed by atoms with Crippen LogP contribution >= 0.6 is 11.3 Å². The summed E-state index contributed by atoms with van der Waals surface area (Å²) in [5.41, 5.74) is 12.6. The van der Waals surface area contributed by atoms with Gasteiger partial charge in [0.1, 0.15) is 5.82 Å². The number of carboxylic acid groups (broad SMARTS) is 1. The van der Waals surface area contributed by atoms with Crippen molar-refractivity contribution < 1.29 is 9.90 Å². The van der Waals surface area contributed by atoms with Crippen LogP contribution in [0.2, 0.25) is 0 Å². The van der Waals surface area contributed by atoms with Gasteiger partial charge in [-0.05, 0) is 76.4 Å². The lowest BCUT2D eigenvalue weighted by Crippen LogP contribution is -2.18. The number of fused-ring (bicyclic) bond motifs is 2. The normalized spacial score (nSPS) is 18.3. The first-order chi connectivity index (χ1) is 17.1. The highest BCUT2D eigenvalue weighted by molar-refractivity contribution is 7.08. The molecule has 176 valence electrons. The minimum absolute atomic E-state index is 0.234. The number of rotatable bonds is 5. The van der Waals surface area contributed by atoms with E-state index in [-0.39, 0.29) is 18.3 Å². The Bertz CT molecular complexity index is 1530. The molecule has 0 amide bonds. The van der Waals surface area contributed by atoms with Crippen molar-refractivity contribution in [3.8, 4) is 22.3 Å². The molecule has 0 atom stereocenters. The van der Waals surface area contributed by atoms with Gasteiger partial charge in [0, 0.05) is 23.5 Å². The summed E-state index contributed by atoms with van der Waals surface area (Å²) in [6.45, 7) is 0. The number of benzene rings is 2. The van der Waals surface area contributed by atoms with Gasteiger partial charge in [-0.1, -0.05) is 36.4 Å². The van der Waals surface area contributed by atoms with Gasteiger partial charge in [-0.15, -0.1) is 0 Å². The predicted octanol–water partition coefficient (Wildman–Crippen LogP) is 6.61. The molecule has 7 heteroatoms. The van der Waals surface area contributed by atoms with Crippen LogP contribution in [0.15, 0.2) is 65.5 Å². The molecule has 0 spiro atoms. The second-order valence-corrected chi connectivity index (χ2v) is 10.2. The van der Waals surface area contributed by atoms with Gasteiger partial charge in [0.15, 0.2) is 5.65 Å². The number of carbonyl (C=O) groups is 1. The van der Waals surface area contributed by atoms with E-state index in [1.165, 1.54) is 10.8 Å². The van der Waals surface area contributed by atoms with Crippen LogP contribution in [0.3, 0.4) is 0 Å². The lowest BCUT2D eigenvalue weighted by Gasteiger charge is -2.29. The van der Waals surface area contributed by atoms with Gasteiger partial charge < -0.3 is 10.8 Å². The van der Waals surface area contributed by atoms with Crippen molar-refractivity contribution in [3.05, 3.63) is 71.2 Å². The lowest BCUT2D eigenvalue weighted by atomic mass is 9.78. The maximum absolute atomic E-state index is 11.2. The first-order valence-electron chi connectivity index (χ1n) is 12.0. The summed E-state index contributed by atoms with van der Waals surface area (Å²) < 4.78 is 1.76. The Hall–Kier alpha value is -3.71. The first-order valence-corrected chi connectivity index (χ1v) is 12.9. The Balaban J connectivity index is 1.47. The van der Waals surface area contributed by atoms with Gasteiger partial charge in [-0.2, -0.15) is 21.0 Å². The van der Waals surface area contributed by atoms with E-state index in [0.29, 0.717) is 5.82 Å². The predicted molar refractivity (Wildman–Crippen MR) is 141 cm³/mol. The van der Waals surface area contributed by atoms with Gasteiger partial charge in [0.2, 0.25) is 0 Å². The molecule has 1 saturated carbocycles. The highest BCUT2D eigenvalue weighted by Crippen LogP contribution is 2.43. The number of nitrogen functional groups attached to an aromatic ring is 1. The third-order valence-electron chi connectivity index (χ3n) is 7.28. The van der Waals surface area contributed by atoms with Gasteiger partial charge in [-0.25, -0.2) is 4.98 Å². The number of carboxylic acids is 1. The second-order valence-electron chi connectivity index (χ2n) is 9.44. The van der Waals surface area contributed by atoms with E-state index in [2.05, 4.69) is 52.3 Å². The van der Waals surface area contributed by atoms with Crippen molar-refractivity contribution in [3.63, 3.8) is 0 Å². The maximum atomic E-state index is 11.2. The molecular formula is C28H26N4O2S. The molecule has 1 aliphatic carbocycles. The van der Waals surface area contributed by atoms with Crippen molar-refractivity contribution in [1.82, 2.24) is 14.6 Å². The molecule has 6 rings (SSSR count). The van der Waals surface area contributed by atoms with Gasteiger partial charge >= 0.3 is 5.97 Å². The lowest BCUT2D eigenvalue weighted by molar-refractivity contribution is -0.138. The fourth-order valence-corrected chi connectivity index (χ4v) is 6.13. The standard InChI is InChI=1S/C28H26N4O2S/c29-27-25(22-11-12-35-16-22)26(19-7-5-17(6-8-19)13-24(33)34)31-28-23(15-30-32(27)28)21-10-9-18-3-1-2-4-20(18)14-21/h1-4,9-12,14-17,19H,5-8,13,29H2,(H,33,34)/t17-,19+. The Labute approximate surface area is 207 Å². The van der Waals surface area contributed by atoms with Crippen LogP contribution in [0.25, 0.3) is 38.7 Å². The number of thiophene rings is 1. The Morgan fingerprint density at radius 2 is 1.86 bits per heavy atom. The Kier molecular flexibility index (Phi) is 5.49. The molecule has 3 heterocycles. The number of aromatic nitrogens is 3. The van der Waals surface area contributed by atoms with E-state index in [0.717, 1.165) is 59.3 Å². The van der Waals surface area contributed by atoms with E-state index in [1.54, 1.807) is 15.9 Å². The van der Waals surface area contributed by atoms with Gasteiger partial charge in [-0.3, -0.25) is 4.79 Å². The van der Waals surface area contributed by atoms with Crippen molar-refractivity contribution in [2.75, 3.05) is 5.73 Å². The van der Waals surface area contributed by atoms with E-state index < -0.39 is 5.97 Å². The highest BCUT2D eigenvalue weighted by Gasteiger charge is 2.29. The van der Waals surface area contributed by atoms with E-state index in [9.17, 15) is 9.90 Å². The number of hydrogen-bond acceptors (Lipinski definition) is 5. The Morgan fingerprint density at radius 3 is 2.60 bits per heavy atom. The number of aliphatic carboxylic acids is 1. The minimum atomic E-state index is -0.713. The summed E-state index contributed by atoms with van der Waals surface area (Å²) in [5.74, 6) is 0.359. The molecule has 6 nitrogen and oxygen atoms in total. The smallest absolute Gasteiger partial charge is 0.303 e. The average molecular weight is 483 g/mol. The molecule has 35 heavy (non-hydrogen) atoms. The fraction of sp³-hybridized carbons (Fsp3) is 0.250. The SMILES string of the molecule is Nc1c(-c2ccsc2)c([C@H]2CC[C@@H](CC(=O)O)CC2)nc2c(-c3ccc4ccccc4c3)cnn12. The summed E-state index contributed by atoms with van der Waals surface area (Å²) in [6, 6.07) is 16.8. The summed E-state index contributed by atoms with van der Waals surface area (Å²) in [4.78, 5) is 16.4. The van der Waals surface area contributed by atoms with Crippen molar-refractivity contribution in [2.45, 2.75) is 38.0 Å². The molecule has 5 aromatic rings. The second kappa shape index (κ2) is 8.82. The Morgan fingerprint density at radius 1 is 1.06 bits per heavy atom. The largest absolute Gasteiger partial charge is 0.481 e. The fourth-order valence-electron chi connectivity index (χ4n) is 5.48. The summed E-state index contributed by atoms with van der Waals surface area (Å²) in [5, 5.41) is 20.4. The van der Waals surface area contributed by atoms with Crippen LogP contribution in [0, 0.1) is 5.92 Å². The van der Waals surface area contributed by atoms with Crippen LogP contribution in [0.1, 0.15) is 43.7 Å². The van der Waals surface area contributed by atoms with Crippen molar-refractivity contribution in [2.24, 2.45) is 5.92 Å². The zero-order chi connectivity index (χ0) is 23.9. The molecule has 3 N–H and O–H groups in total. The monoisotopic (exact) mass is 482 g/mol. The van der Waals surface area contributed by atoms with Crippen LogP contribution in [0.5, 0.6) is 0 Å². The minimum Gasteiger partial charge on any atom is -0.481 e. The van der Waals surface area contributed by atoms with E-state index in [1.807, 2.05) is 18.3 Å². The van der Waals surface area contributed by atoms with Crippen molar-refractivity contribution in [1.29, 1.82) is 0 Å². The zero-order valence-electron chi connectivity index (χ0n) is 19.2. The zero-order valence-corrected chi connectivity index (χ0v) is 20.0. The molecule has 3 aromatic heterocycles. The highest BCUT2D eigenvalue weighted by atomic mass is 32.1. The van der Waals surface area contributed by atoms with Crippen LogP contribution in [0.4, 0.5) is 5.82 Å². The number of nitrogens with two attached hydrogens (primary N) is 1. The van der Waals surface area contributed by atoms with Crippen molar-refractivity contribution >= 4 is 39.5 Å². The molecule has 0 radical (unpaired) electrons. The number of hydrogen-bond donors (Lipinski definition) is 2. The summed E-state index contributed by atoms with van der Waals surface area (Å²) >= 11 is 1.64. The number of nitrogens with zero attached hydrogens (tertiary/aromatic N) is 3. The third-order valence-corrected chi connectivity index (χ3v) is 7.96. The molecule has 1 fully saturated rings. The molecule has 0 bridgehead atoms. The molecular weight excluding hydrogens is 456 g/mol. The molecule has 0 unspecified atom stereocenters. The van der Waals surface area contributed by atoms with Crippen LogP contribution in [-0.2, 0) is 4.79 Å². The summed E-state index contributed by atoms with van der Waals surface area (Å²) in [6.07, 6.45) is 5.71. The third kappa shape index (κ3) is 3.96. The topological polar surface area (TPSA) is 93.5 Å². The maximum Gasteiger partial charge on any atom is 0.303 e. The summed E-state index contributed by atoms with van der Waals surface area (Å²) in [7, 11) is 0. The number of anilines is 1. The van der Waals surface area contributed by atoms with Crippen LogP contribution < -0.4 is 5.73 Å². The van der Waals surface area contributed by atoms with E-state index >= 15 is 0 Å².